The summed E-state index contributed by atoms with van der Waals surface area (Å²) in [7, 11) is 4.20. The molecule has 0 radical (unpaired) electrons. The molecule has 0 amide bonds. The molecule has 0 saturated carbocycles. The monoisotopic (exact) mass is 172 g/mol. The van der Waals surface area contributed by atoms with Crippen LogP contribution in [-0.4, -0.2) is 32.1 Å². The van der Waals surface area contributed by atoms with Crippen molar-refractivity contribution in [1.82, 2.24) is 4.90 Å². The molecular weight excluding hydrogens is 148 g/mol. The van der Waals surface area contributed by atoms with E-state index in [1.807, 2.05) is 0 Å². The summed E-state index contributed by atoms with van der Waals surface area (Å²) < 4.78 is 0. The molecule has 0 saturated heterocycles. The zero-order valence-electron chi connectivity index (χ0n) is 9.22. The zero-order chi connectivity index (χ0) is 9.78. The second kappa shape index (κ2) is 4.83. The summed E-state index contributed by atoms with van der Waals surface area (Å²) in [5.41, 5.74) is 6.10. The van der Waals surface area contributed by atoms with Crippen molar-refractivity contribution in [1.29, 1.82) is 0 Å². The zero-order valence-corrected chi connectivity index (χ0v) is 9.22. The Kier molecular flexibility index (Phi) is 4.80. The van der Waals surface area contributed by atoms with E-state index in [0.29, 0.717) is 11.3 Å². The molecule has 2 nitrogen and oxygen atoms in total. The van der Waals surface area contributed by atoms with Gasteiger partial charge in [-0.1, -0.05) is 20.8 Å². The van der Waals surface area contributed by atoms with Crippen LogP contribution >= 0.6 is 0 Å². The van der Waals surface area contributed by atoms with Crippen LogP contribution in [0.4, 0.5) is 0 Å². The lowest BCUT2D eigenvalue weighted by Gasteiger charge is -2.27. The first-order valence-corrected chi connectivity index (χ1v) is 4.70. The molecule has 74 valence electrons. The van der Waals surface area contributed by atoms with Gasteiger partial charge in [0.1, 0.15) is 0 Å². The average molecular weight is 172 g/mol. The second-order valence-corrected chi connectivity index (χ2v) is 5.13. The predicted octanol–water partition coefficient (Wildman–Crippen LogP) is 1.56. The summed E-state index contributed by atoms with van der Waals surface area (Å²) in [4.78, 5) is 2.21. The van der Waals surface area contributed by atoms with E-state index >= 15 is 0 Å². The van der Waals surface area contributed by atoms with E-state index in [1.165, 1.54) is 6.42 Å². The summed E-state index contributed by atoms with van der Waals surface area (Å²) in [5.74, 6) is 0.639. The molecule has 2 heteroatoms. The van der Waals surface area contributed by atoms with E-state index in [9.17, 15) is 0 Å². The van der Waals surface area contributed by atoms with Crippen LogP contribution < -0.4 is 5.73 Å². The fraction of sp³-hybridized carbons (Fsp3) is 1.00. The first kappa shape index (κ1) is 11.9. The van der Waals surface area contributed by atoms with Gasteiger partial charge in [0.25, 0.3) is 0 Å². The highest BCUT2D eigenvalue weighted by atomic mass is 15.1. The standard InChI is InChI=1S/C10H24N2/c1-10(2,3)6-9(7-11)8-12(4)5/h9H,6-8,11H2,1-5H3. The van der Waals surface area contributed by atoms with Crippen LogP contribution in [0.5, 0.6) is 0 Å². The Balaban J connectivity index is 3.83. The predicted molar refractivity (Wildman–Crippen MR) is 55.2 cm³/mol. The van der Waals surface area contributed by atoms with E-state index < -0.39 is 0 Å². The number of hydrogen-bond donors (Lipinski definition) is 1. The van der Waals surface area contributed by atoms with Crippen LogP contribution in [0.15, 0.2) is 0 Å². The van der Waals surface area contributed by atoms with Crippen LogP contribution in [0, 0.1) is 11.3 Å². The van der Waals surface area contributed by atoms with Crippen molar-refractivity contribution in [3.63, 3.8) is 0 Å². The van der Waals surface area contributed by atoms with Gasteiger partial charge in [0.05, 0.1) is 0 Å². The Hall–Kier alpha value is -0.0800. The molecule has 2 N–H and O–H groups in total. The number of rotatable bonds is 4. The summed E-state index contributed by atoms with van der Waals surface area (Å²) in [5, 5.41) is 0. The molecule has 0 heterocycles. The first-order valence-electron chi connectivity index (χ1n) is 4.70. The van der Waals surface area contributed by atoms with Crippen LogP contribution in [0.25, 0.3) is 0 Å². The first-order chi connectivity index (χ1) is 5.35. The van der Waals surface area contributed by atoms with Crippen molar-refractivity contribution in [2.24, 2.45) is 17.1 Å². The molecule has 0 aromatic rings. The Morgan fingerprint density at radius 1 is 1.25 bits per heavy atom. The van der Waals surface area contributed by atoms with Gasteiger partial charge in [-0.2, -0.15) is 0 Å². The molecule has 1 unspecified atom stereocenters. The summed E-state index contributed by atoms with van der Waals surface area (Å²) in [6, 6.07) is 0. The van der Waals surface area contributed by atoms with Gasteiger partial charge in [-0.25, -0.2) is 0 Å². The molecule has 0 bridgehead atoms. The molecule has 12 heavy (non-hydrogen) atoms. The summed E-state index contributed by atoms with van der Waals surface area (Å²) in [6.45, 7) is 8.71. The largest absolute Gasteiger partial charge is 0.330 e. The van der Waals surface area contributed by atoms with Crippen LogP contribution in [0.3, 0.4) is 0 Å². The van der Waals surface area contributed by atoms with Gasteiger partial charge in [0.2, 0.25) is 0 Å². The van der Waals surface area contributed by atoms with Crippen LogP contribution in [0.1, 0.15) is 27.2 Å². The van der Waals surface area contributed by atoms with Crippen LogP contribution in [-0.2, 0) is 0 Å². The van der Waals surface area contributed by atoms with Crippen molar-refractivity contribution in [2.45, 2.75) is 27.2 Å². The topological polar surface area (TPSA) is 29.3 Å². The van der Waals surface area contributed by atoms with Gasteiger partial charge >= 0.3 is 0 Å². The fourth-order valence-electron chi connectivity index (χ4n) is 1.60. The molecule has 0 aliphatic rings. The molecular formula is C10H24N2. The molecule has 1 atom stereocenters. The molecule has 0 fully saturated rings. The molecule has 0 aromatic carbocycles. The molecule has 0 aliphatic carbocycles. The normalized spacial score (nSPS) is 15.2. The number of nitrogens with zero attached hydrogens (tertiary/aromatic N) is 1. The average Bonchev–Trinajstić information content (AvgIpc) is 1.82. The smallest absolute Gasteiger partial charge is 0.00158 e. The number of nitrogens with two attached hydrogens (primary N) is 1. The van der Waals surface area contributed by atoms with Crippen molar-refractivity contribution >= 4 is 0 Å². The Morgan fingerprint density at radius 3 is 2.00 bits per heavy atom. The summed E-state index contributed by atoms with van der Waals surface area (Å²) >= 11 is 0. The molecule has 0 aliphatic heterocycles. The van der Waals surface area contributed by atoms with Crippen molar-refractivity contribution in [2.75, 3.05) is 27.2 Å². The third-order valence-corrected chi connectivity index (χ3v) is 1.86. The maximum Gasteiger partial charge on any atom is 0.00158 e. The van der Waals surface area contributed by atoms with Gasteiger partial charge < -0.3 is 10.6 Å². The van der Waals surface area contributed by atoms with Gasteiger partial charge in [0.15, 0.2) is 0 Å². The summed E-state index contributed by atoms with van der Waals surface area (Å²) in [6.07, 6.45) is 1.21. The van der Waals surface area contributed by atoms with Gasteiger partial charge in [-0.3, -0.25) is 0 Å². The van der Waals surface area contributed by atoms with Crippen molar-refractivity contribution < 1.29 is 0 Å². The van der Waals surface area contributed by atoms with Crippen molar-refractivity contribution in [3.8, 4) is 0 Å². The Morgan fingerprint density at radius 2 is 1.75 bits per heavy atom. The maximum atomic E-state index is 5.70. The third kappa shape index (κ3) is 6.62. The lowest BCUT2D eigenvalue weighted by Crippen LogP contribution is -2.30. The number of hydrogen-bond acceptors (Lipinski definition) is 2. The quantitative estimate of drug-likeness (QED) is 0.697. The fourth-order valence-corrected chi connectivity index (χ4v) is 1.60. The lowest BCUT2D eigenvalue weighted by atomic mass is 9.84. The van der Waals surface area contributed by atoms with E-state index in [1.54, 1.807) is 0 Å². The highest BCUT2D eigenvalue weighted by Crippen LogP contribution is 2.23. The Labute approximate surface area is 77.1 Å². The second-order valence-electron chi connectivity index (χ2n) is 5.13. The third-order valence-electron chi connectivity index (χ3n) is 1.86. The van der Waals surface area contributed by atoms with E-state index in [2.05, 4.69) is 39.8 Å². The SMILES string of the molecule is CN(C)CC(CN)CC(C)(C)C. The van der Waals surface area contributed by atoms with E-state index in [4.69, 9.17) is 5.73 Å². The maximum absolute atomic E-state index is 5.70. The minimum absolute atomic E-state index is 0.403. The minimum Gasteiger partial charge on any atom is -0.330 e. The highest BCUT2D eigenvalue weighted by Gasteiger charge is 2.17. The van der Waals surface area contributed by atoms with Crippen molar-refractivity contribution in [3.05, 3.63) is 0 Å². The van der Waals surface area contributed by atoms with E-state index in [0.717, 1.165) is 13.1 Å². The van der Waals surface area contributed by atoms with Gasteiger partial charge in [-0.05, 0) is 38.4 Å². The van der Waals surface area contributed by atoms with Gasteiger partial charge in [-0.15, -0.1) is 0 Å². The highest BCUT2D eigenvalue weighted by molar-refractivity contribution is 4.71. The molecule has 0 rings (SSSR count). The van der Waals surface area contributed by atoms with Crippen LogP contribution in [0.2, 0.25) is 0 Å². The lowest BCUT2D eigenvalue weighted by molar-refractivity contribution is 0.243. The van der Waals surface area contributed by atoms with E-state index in [-0.39, 0.29) is 0 Å². The minimum atomic E-state index is 0.403. The molecule has 0 spiro atoms. The Bertz CT molecular complexity index is 113. The molecule has 0 aromatic heterocycles. The van der Waals surface area contributed by atoms with Gasteiger partial charge in [0, 0.05) is 6.54 Å².